The van der Waals surface area contributed by atoms with Crippen LogP contribution >= 0.6 is 0 Å². The molecule has 0 aliphatic heterocycles. The van der Waals surface area contributed by atoms with Gasteiger partial charge in [-0.3, -0.25) is 0 Å². The summed E-state index contributed by atoms with van der Waals surface area (Å²) in [5, 5.41) is 0. The molecule has 0 spiro atoms. The topological polar surface area (TPSA) is 104 Å². The summed E-state index contributed by atoms with van der Waals surface area (Å²) in [5.41, 5.74) is 8.46. The summed E-state index contributed by atoms with van der Waals surface area (Å²) in [6, 6.07) is 19.8. The molecule has 0 radical (unpaired) electrons. The number of hydrogen-bond donors (Lipinski definition) is 0. The first kappa shape index (κ1) is 18.1. The van der Waals surface area contributed by atoms with E-state index in [9.17, 15) is 0 Å². The van der Waals surface area contributed by atoms with E-state index in [1.807, 2.05) is 0 Å². The van der Waals surface area contributed by atoms with Gasteiger partial charge in [-0.1, -0.05) is 48.5 Å². The molecule has 27 heavy (non-hydrogen) atoms. The largest absolute Gasteiger partial charge is 0.337 e. The Morgan fingerprint density at radius 2 is 0.889 bits per heavy atom. The lowest BCUT2D eigenvalue weighted by Gasteiger charge is -2.17. The second-order valence-corrected chi connectivity index (χ2v) is 7.52. The zero-order valence-electron chi connectivity index (χ0n) is 14.4. The van der Waals surface area contributed by atoms with E-state index in [4.69, 9.17) is 23.1 Å². The Bertz CT molecular complexity index is 844. The molecule has 1 aromatic heterocycles. The van der Waals surface area contributed by atoms with Crippen molar-refractivity contribution in [1.29, 1.82) is 0 Å². The molecule has 0 saturated heterocycles. The first-order valence-electron chi connectivity index (χ1n) is 8.59. The Morgan fingerprint density at radius 1 is 0.556 bits per heavy atom. The molecule has 0 atom stereocenters. The van der Waals surface area contributed by atoms with E-state index in [0.717, 1.165) is 37.2 Å². The molecule has 0 bridgehead atoms. The summed E-state index contributed by atoms with van der Waals surface area (Å²) in [7, 11) is -4.94. The summed E-state index contributed by atoms with van der Waals surface area (Å²) in [6.45, 7) is 0. The number of benzene rings is 2. The Labute approximate surface area is 158 Å². The van der Waals surface area contributed by atoms with Crippen molar-refractivity contribution >= 4 is 0 Å². The summed E-state index contributed by atoms with van der Waals surface area (Å²) in [5.74, 6) is 2.33. The molecule has 0 N–H and O–H groups in total. The fourth-order valence-electron chi connectivity index (χ4n) is 3.81. The molecule has 0 amide bonds. The van der Waals surface area contributed by atoms with Crippen LogP contribution in [0.25, 0.3) is 0 Å². The Morgan fingerprint density at radius 3 is 1.26 bits per heavy atom. The molecule has 2 aliphatic rings. The van der Waals surface area contributed by atoms with Gasteiger partial charge in [-0.05, 0) is 28.3 Å². The van der Waals surface area contributed by atoms with Gasteiger partial charge in [0, 0.05) is 12.8 Å². The van der Waals surface area contributed by atoms with Crippen LogP contribution in [0, 0.1) is 10.2 Å². The van der Waals surface area contributed by atoms with Crippen molar-refractivity contribution in [1.82, 2.24) is 0 Å². The number of hydrogen-bond acceptors (Lipinski definition) is 4. The highest BCUT2D eigenvalue weighted by atomic mass is 35.7. The van der Waals surface area contributed by atoms with Crippen LogP contribution < -0.4 is 18.6 Å². The van der Waals surface area contributed by atoms with Gasteiger partial charge >= 0.3 is 11.5 Å². The van der Waals surface area contributed by atoms with E-state index < -0.39 is 10.2 Å². The van der Waals surface area contributed by atoms with Crippen LogP contribution in [0.4, 0.5) is 0 Å². The number of rotatable bonds is 0. The fraction of sp³-hybridized carbons (Fsp3) is 0.190. The minimum absolute atomic E-state index is 0.931. The summed E-state index contributed by atoms with van der Waals surface area (Å²) in [4.78, 5) is 0. The SMILES string of the molecule is [O-][Cl+3]([O-])([O-])[O-].c1ccc2c(c1)Cc1cc3c([o+]c1C2)Cc1ccccc1C3. The first-order chi connectivity index (χ1) is 12.9. The average Bonchev–Trinajstić information content (AvgIpc) is 2.61. The maximum absolute atomic E-state index is 8.49. The van der Waals surface area contributed by atoms with Crippen molar-refractivity contribution in [3.8, 4) is 0 Å². The zero-order valence-corrected chi connectivity index (χ0v) is 15.2. The summed E-state index contributed by atoms with van der Waals surface area (Å²) < 4.78 is 40.3. The van der Waals surface area contributed by atoms with E-state index in [1.165, 1.54) is 33.4 Å². The smallest absolute Gasteiger partial charge is 0.222 e. The van der Waals surface area contributed by atoms with Crippen molar-refractivity contribution in [3.05, 3.63) is 99.5 Å². The molecule has 5 rings (SSSR count). The lowest BCUT2D eigenvalue weighted by molar-refractivity contribution is -2.00. The lowest BCUT2D eigenvalue weighted by Crippen LogP contribution is -2.68. The Kier molecular flexibility index (Phi) is 4.72. The quantitative estimate of drug-likeness (QED) is 0.344. The highest BCUT2D eigenvalue weighted by molar-refractivity contribution is 5.47. The molecule has 5 nitrogen and oxygen atoms in total. The average molecular weight is 385 g/mol. The highest BCUT2D eigenvalue weighted by Gasteiger charge is 2.31. The van der Waals surface area contributed by atoms with E-state index in [2.05, 4.69) is 54.6 Å². The van der Waals surface area contributed by atoms with Gasteiger partial charge in [-0.2, -0.15) is 0 Å². The van der Waals surface area contributed by atoms with Gasteiger partial charge in [0.1, 0.15) is 0 Å². The molecule has 0 unspecified atom stereocenters. The van der Waals surface area contributed by atoms with Crippen LogP contribution in [0.15, 0.2) is 59.0 Å². The van der Waals surface area contributed by atoms with Crippen molar-refractivity contribution in [3.63, 3.8) is 0 Å². The van der Waals surface area contributed by atoms with E-state index >= 15 is 0 Å². The van der Waals surface area contributed by atoms with E-state index in [1.54, 1.807) is 0 Å². The molecule has 2 aliphatic carbocycles. The summed E-state index contributed by atoms with van der Waals surface area (Å²) in [6.07, 6.45) is 3.87. The van der Waals surface area contributed by atoms with Crippen LogP contribution in [0.3, 0.4) is 0 Å². The predicted molar refractivity (Wildman–Crippen MR) is 87.2 cm³/mol. The van der Waals surface area contributed by atoms with Crippen molar-refractivity contribution < 1.29 is 33.3 Å². The molecule has 6 heteroatoms. The third kappa shape index (κ3) is 4.18. The second-order valence-electron chi connectivity index (χ2n) is 6.77. The monoisotopic (exact) mass is 384 g/mol. The molecule has 1 heterocycles. The third-order valence-corrected chi connectivity index (χ3v) is 5.01. The van der Waals surface area contributed by atoms with Gasteiger partial charge in [-0.15, -0.1) is 10.2 Å². The minimum atomic E-state index is -4.94. The second kappa shape index (κ2) is 7.03. The van der Waals surface area contributed by atoms with Crippen molar-refractivity contribution in [2.75, 3.05) is 0 Å². The van der Waals surface area contributed by atoms with Gasteiger partial charge in [0.25, 0.3) is 0 Å². The van der Waals surface area contributed by atoms with Gasteiger partial charge in [0.2, 0.25) is 0 Å². The van der Waals surface area contributed by atoms with Gasteiger partial charge in [0.15, 0.2) is 0 Å². The zero-order chi connectivity index (χ0) is 19.0. The lowest BCUT2D eigenvalue weighted by atomic mass is 9.85. The van der Waals surface area contributed by atoms with E-state index in [-0.39, 0.29) is 0 Å². The highest BCUT2D eigenvalue weighted by Crippen LogP contribution is 2.33. The minimum Gasteiger partial charge on any atom is -0.222 e. The van der Waals surface area contributed by atoms with Gasteiger partial charge in [0.05, 0.1) is 24.0 Å². The maximum Gasteiger partial charge on any atom is 0.337 e. The van der Waals surface area contributed by atoms with Gasteiger partial charge in [-0.25, -0.2) is 23.1 Å². The van der Waals surface area contributed by atoms with E-state index in [0.29, 0.717) is 0 Å². The molecule has 3 aromatic rings. The van der Waals surface area contributed by atoms with Crippen molar-refractivity contribution in [2.24, 2.45) is 0 Å². The molecule has 2 aromatic carbocycles. The van der Waals surface area contributed by atoms with Crippen LogP contribution in [-0.2, 0) is 25.7 Å². The molecular weight excluding hydrogens is 368 g/mol. The Balaban J connectivity index is 0.000000323. The third-order valence-electron chi connectivity index (χ3n) is 5.01. The molecule has 0 saturated carbocycles. The molecule has 138 valence electrons. The van der Waals surface area contributed by atoms with Gasteiger partial charge < -0.3 is 0 Å². The van der Waals surface area contributed by atoms with Crippen molar-refractivity contribution in [2.45, 2.75) is 25.7 Å². The number of halogens is 1. The predicted octanol–water partition coefficient (Wildman–Crippen LogP) is -0.205. The Hall–Kier alpha value is -2.28. The normalized spacial score (nSPS) is 14.1. The van der Waals surface area contributed by atoms with Crippen LogP contribution in [0.2, 0.25) is 0 Å². The first-order valence-corrected chi connectivity index (χ1v) is 9.82. The van der Waals surface area contributed by atoms with Crippen LogP contribution in [0.1, 0.15) is 44.9 Å². The maximum atomic E-state index is 8.49. The molecular formula is C21H17ClO5. The van der Waals surface area contributed by atoms with Crippen LogP contribution in [0.5, 0.6) is 0 Å². The standard InChI is InChI=1S/C21H17O.ClHO4/c1-3-7-16-12-20-18(9-14(16)5-1)11-19-10-15-6-2-4-8-17(15)13-21(19)22-20;2-1(3,4)5/h1-8,11H,9-10,12-13H2;(H,2,3,4,5)/q+1;/p-1. The van der Waals surface area contributed by atoms with Crippen LogP contribution in [-0.4, -0.2) is 0 Å². The summed E-state index contributed by atoms with van der Waals surface area (Å²) >= 11 is 0. The fourth-order valence-corrected chi connectivity index (χ4v) is 3.81. The molecule has 0 fully saturated rings. The number of fused-ring (bicyclic) bond motifs is 4.